The van der Waals surface area contributed by atoms with Gasteiger partial charge in [-0.25, -0.2) is 9.18 Å². The summed E-state index contributed by atoms with van der Waals surface area (Å²) in [5.74, 6) is 1.76. The van der Waals surface area contributed by atoms with E-state index in [-0.39, 0.29) is 16.7 Å². The summed E-state index contributed by atoms with van der Waals surface area (Å²) >= 11 is 3.36. The summed E-state index contributed by atoms with van der Waals surface area (Å²) in [5, 5.41) is 8.84. The molecule has 0 N–H and O–H groups in total. The molecule has 0 amide bonds. The fourth-order valence-electron chi connectivity index (χ4n) is 2.64. The SMILES string of the molecule is CC1(c2ccc(C#N)cc2F)Oc2c(Br)cccc2C1=C=O. The van der Waals surface area contributed by atoms with Crippen LogP contribution in [0.25, 0.3) is 5.57 Å². The number of fused-ring (bicyclic) bond motifs is 1. The molecule has 1 aliphatic heterocycles. The first-order valence-electron chi connectivity index (χ1n) is 6.45. The zero-order valence-electron chi connectivity index (χ0n) is 11.5. The Morgan fingerprint density at radius 2 is 2.09 bits per heavy atom. The van der Waals surface area contributed by atoms with Crippen molar-refractivity contribution >= 4 is 27.4 Å². The zero-order valence-corrected chi connectivity index (χ0v) is 13.1. The predicted octanol–water partition coefficient (Wildman–Crippen LogP) is 3.98. The highest BCUT2D eigenvalue weighted by atomic mass is 79.9. The molecule has 1 atom stereocenters. The van der Waals surface area contributed by atoms with Gasteiger partial charge >= 0.3 is 0 Å². The maximum atomic E-state index is 14.4. The molecule has 0 spiro atoms. The Balaban J connectivity index is 2.22. The van der Waals surface area contributed by atoms with Crippen LogP contribution in [0, 0.1) is 17.1 Å². The van der Waals surface area contributed by atoms with E-state index < -0.39 is 11.4 Å². The number of halogens is 2. The molecule has 1 aliphatic rings. The average molecular weight is 358 g/mol. The molecule has 0 aromatic heterocycles. The van der Waals surface area contributed by atoms with Gasteiger partial charge in [-0.1, -0.05) is 12.1 Å². The number of ether oxygens (including phenoxy) is 1. The second kappa shape index (κ2) is 5.10. The molecule has 2 aromatic carbocycles. The van der Waals surface area contributed by atoms with Gasteiger partial charge in [0.2, 0.25) is 0 Å². The molecule has 108 valence electrons. The molecule has 0 aliphatic carbocycles. The Morgan fingerprint density at radius 3 is 2.73 bits per heavy atom. The Morgan fingerprint density at radius 1 is 1.32 bits per heavy atom. The summed E-state index contributed by atoms with van der Waals surface area (Å²) in [6.07, 6.45) is 0. The van der Waals surface area contributed by atoms with Crippen LogP contribution in [0.1, 0.15) is 23.6 Å². The monoisotopic (exact) mass is 357 g/mol. The van der Waals surface area contributed by atoms with E-state index in [1.165, 1.54) is 12.1 Å². The minimum atomic E-state index is -1.29. The standard InChI is InChI=1S/C17H9BrFNO2/c1-17(12-6-5-10(8-20)7-15(12)19)13(9-21)11-3-2-4-14(18)16(11)22-17/h2-7H,1H3. The molecule has 0 bridgehead atoms. The van der Waals surface area contributed by atoms with E-state index in [0.717, 1.165) is 6.07 Å². The van der Waals surface area contributed by atoms with Gasteiger partial charge in [-0.2, -0.15) is 5.26 Å². The first kappa shape index (κ1) is 14.5. The van der Waals surface area contributed by atoms with Gasteiger partial charge in [-0.3, -0.25) is 0 Å². The fourth-order valence-corrected chi connectivity index (χ4v) is 3.08. The van der Waals surface area contributed by atoms with Gasteiger partial charge in [0.1, 0.15) is 17.5 Å². The first-order valence-corrected chi connectivity index (χ1v) is 7.24. The van der Waals surface area contributed by atoms with Crippen molar-refractivity contribution < 1.29 is 13.9 Å². The summed E-state index contributed by atoms with van der Waals surface area (Å²) in [6.45, 7) is 1.62. The number of hydrogen-bond acceptors (Lipinski definition) is 3. The molecule has 5 heteroatoms. The van der Waals surface area contributed by atoms with Gasteiger partial charge in [-0.15, -0.1) is 0 Å². The summed E-state index contributed by atoms with van der Waals surface area (Å²) < 4.78 is 21.0. The van der Waals surface area contributed by atoms with Crippen molar-refractivity contribution in [3.8, 4) is 11.8 Å². The molecule has 1 unspecified atom stereocenters. The van der Waals surface area contributed by atoms with Crippen LogP contribution < -0.4 is 4.74 Å². The highest BCUT2D eigenvalue weighted by Gasteiger charge is 2.45. The first-order chi connectivity index (χ1) is 10.5. The lowest BCUT2D eigenvalue weighted by molar-refractivity contribution is 0.163. The van der Waals surface area contributed by atoms with Gasteiger partial charge in [0.15, 0.2) is 5.60 Å². The van der Waals surface area contributed by atoms with Gasteiger partial charge in [-0.05, 0) is 47.1 Å². The number of carbonyl (C=O) groups excluding carboxylic acids is 1. The molecule has 3 nitrogen and oxygen atoms in total. The number of benzene rings is 2. The van der Waals surface area contributed by atoms with Crippen LogP contribution in [0.5, 0.6) is 5.75 Å². The molecule has 0 saturated heterocycles. The van der Waals surface area contributed by atoms with Crippen LogP contribution in [-0.4, -0.2) is 5.94 Å². The highest BCUT2D eigenvalue weighted by Crippen LogP contribution is 2.51. The quantitative estimate of drug-likeness (QED) is 0.725. The number of hydrogen-bond donors (Lipinski definition) is 0. The summed E-state index contributed by atoms with van der Waals surface area (Å²) in [4.78, 5) is 11.5. The summed E-state index contributed by atoms with van der Waals surface area (Å²) in [6, 6.07) is 11.2. The lowest BCUT2D eigenvalue weighted by atomic mass is 9.86. The van der Waals surface area contributed by atoms with Gasteiger partial charge < -0.3 is 4.74 Å². The summed E-state index contributed by atoms with van der Waals surface area (Å²) in [7, 11) is 0. The lowest BCUT2D eigenvalue weighted by Gasteiger charge is -2.25. The van der Waals surface area contributed by atoms with E-state index in [1.54, 1.807) is 25.1 Å². The fraction of sp³-hybridized carbons (Fsp3) is 0.118. The number of nitriles is 1. The number of rotatable bonds is 1. The zero-order chi connectivity index (χ0) is 15.9. The largest absolute Gasteiger partial charge is 0.475 e. The molecule has 1 heterocycles. The number of nitrogens with zero attached hydrogens (tertiary/aromatic N) is 1. The third-order valence-corrected chi connectivity index (χ3v) is 4.36. The minimum absolute atomic E-state index is 0.188. The van der Waals surface area contributed by atoms with E-state index in [2.05, 4.69) is 15.9 Å². The van der Waals surface area contributed by atoms with Crippen molar-refractivity contribution in [1.29, 1.82) is 5.26 Å². The maximum Gasteiger partial charge on any atom is 0.170 e. The van der Waals surface area contributed by atoms with Crippen LogP contribution in [0.15, 0.2) is 40.9 Å². The lowest BCUT2D eigenvalue weighted by Crippen LogP contribution is -2.28. The van der Waals surface area contributed by atoms with Crippen molar-refractivity contribution in [2.45, 2.75) is 12.5 Å². The second-order valence-electron chi connectivity index (χ2n) is 5.04. The summed E-state index contributed by atoms with van der Waals surface area (Å²) in [5.41, 5.74) is -0.0828. The van der Waals surface area contributed by atoms with Gasteiger partial charge in [0.25, 0.3) is 0 Å². The predicted molar refractivity (Wildman–Crippen MR) is 82.3 cm³/mol. The van der Waals surface area contributed by atoms with Crippen LogP contribution in [0.4, 0.5) is 4.39 Å². The average Bonchev–Trinajstić information content (AvgIpc) is 2.81. The van der Waals surface area contributed by atoms with E-state index in [1.807, 2.05) is 12.0 Å². The van der Waals surface area contributed by atoms with Crippen LogP contribution >= 0.6 is 15.9 Å². The maximum absolute atomic E-state index is 14.4. The molecule has 2 aromatic rings. The van der Waals surface area contributed by atoms with E-state index in [4.69, 9.17) is 10.00 Å². The second-order valence-corrected chi connectivity index (χ2v) is 5.89. The van der Waals surface area contributed by atoms with Crippen LogP contribution in [0.3, 0.4) is 0 Å². The van der Waals surface area contributed by atoms with E-state index in [9.17, 15) is 9.18 Å². The Kier molecular flexibility index (Phi) is 3.37. The molecule has 3 rings (SSSR count). The van der Waals surface area contributed by atoms with Crippen molar-refractivity contribution in [3.05, 3.63) is 63.4 Å². The van der Waals surface area contributed by atoms with Crippen molar-refractivity contribution in [3.63, 3.8) is 0 Å². The Hall–Kier alpha value is -2.41. The minimum Gasteiger partial charge on any atom is -0.475 e. The molecular weight excluding hydrogens is 349 g/mol. The molecule has 0 saturated carbocycles. The third-order valence-electron chi connectivity index (χ3n) is 3.73. The van der Waals surface area contributed by atoms with Crippen molar-refractivity contribution in [2.24, 2.45) is 0 Å². The van der Waals surface area contributed by atoms with E-state index in [0.29, 0.717) is 15.8 Å². The van der Waals surface area contributed by atoms with Gasteiger partial charge in [0.05, 0.1) is 21.7 Å². The molecule has 0 radical (unpaired) electrons. The van der Waals surface area contributed by atoms with E-state index >= 15 is 0 Å². The Bertz CT molecular complexity index is 881. The van der Waals surface area contributed by atoms with Crippen molar-refractivity contribution in [2.75, 3.05) is 0 Å². The van der Waals surface area contributed by atoms with Crippen LogP contribution in [0.2, 0.25) is 0 Å². The molecular formula is C17H9BrFNO2. The normalized spacial score (nSPS) is 19.1. The third kappa shape index (κ3) is 1.97. The highest BCUT2D eigenvalue weighted by molar-refractivity contribution is 9.10. The smallest absolute Gasteiger partial charge is 0.170 e. The van der Waals surface area contributed by atoms with Crippen molar-refractivity contribution in [1.82, 2.24) is 0 Å². The molecule has 0 fully saturated rings. The van der Waals surface area contributed by atoms with Crippen LogP contribution in [-0.2, 0) is 10.4 Å². The molecule has 22 heavy (non-hydrogen) atoms. The Labute approximate surface area is 134 Å². The number of para-hydroxylation sites is 1. The van der Waals surface area contributed by atoms with Gasteiger partial charge in [0, 0.05) is 11.1 Å². The topological polar surface area (TPSA) is 50.1 Å².